The molecule has 0 aliphatic heterocycles. The molecule has 0 bridgehead atoms. The third-order valence-electron chi connectivity index (χ3n) is 3.20. The number of non-ortho nitro benzene ring substituents is 1. The number of hydrazone groups is 1. The molecular formula is C17H12IN3O3. The van der Waals surface area contributed by atoms with Crippen LogP contribution in [0.3, 0.4) is 0 Å². The Labute approximate surface area is 151 Å². The second-order valence-corrected chi connectivity index (χ2v) is 6.13. The molecule has 0 unspecified atom stereocenters. The van der Waals surface area contributed by atoms with Crippen molar-refractivity contribution in [2.24, 2.45) is 5.10 Å². The first kappa shape index (κ1) is 16.2. The van der Waals surface area contributed by atoms with Crippen LogP contribution in [0.1, 0.15) is 5.76 Å². The average molecular weight is 433 g/mol. The zero-order valence-electron chi connectivity index (χ0n) is 12.3. The van der Waals surface area contributed by atoms with Gasteiger partial charge in [-0.05, 0) is 59.0 Å². The van der Waals surface area contributed by atoms with Gasteiger partial charge in [0.15, 0.2) is 0 Å². The molecule has 24 heavy (non-hydrogen) atoms. The molecule has 0 saturated carbocycles. The van der Waals surface area contributed by atoms with Crippen molar-refractivity contribution >= 4 is 40.2 Å². The van der Waals surface area contributed by atoms with Crippen LogP contribution < -0.4 is 5.43 Å². The smallest absolute Gasteiger partial charge is 0.270 e. The van der Waals surface area contributed by atoms with Crippen LogP contribution >= 0.6 is 22.6 Å². The first-order valence-electron chi connectivity index (χ1n) is 7.01. The van der Waals surface area contributed by atoms with E-state index in [-0.39, 0.29) is 5.69 Å². The van der Waals surface area contributed by atoms with Crippen molar-refractivity contribution in [3.05, 3.63) is 80.1 Å². The molecule has 1 aromatic heterocycles. The van der Waals surface area contributed by atoms with E-state index < -0.39 is 4.92 Å². The first-order chi connectivity index (χ1) is 11.6. The largest absolute Gasteiger partial charge is 0.455 e. The number of nitro groups is 1. The Morgan fingerprint density at radius 1 is 1.12 bits per heavy atom. The van der Waals surface area contributed by atoms with Crippen LogP contribution in [0.4, 0.5) is 11.4 Å². The molecule has 6 nitrogen and oxygen atoms in total. The van der Waals surface area contributed by atoms with E-state index >= 15 is 0 Å². The van der Waals surface area contributed by atoms with Gasteiger partial charge in [-0.25, -0.2) is 0 Å². The van der Waals surface area contributed by atoms with Gasteiger partial charge in [-0.1, -0.05) is 12.1 Å². The highest BCUT2D eigenvalue weighted by atomic mass is 127. The van der Waals surface area contributed by atoms with Gasteiger partial charge in [0.2, 0.25) is 0 Å². The number of hydrogen-bond acceptors (Lipinski definition) is 5. The molecule has 0 amide bonds. The summed E-state index contributed by atoms with van der Waals surface area (Å²) in [5.74, 6) is 1.10. The minimum Gasteiger partial charge on any atom is -0.455 e. The summed E-state index contributed by atoms with van der Waals surface area (Å²) in [5.41, 5.74) is 4.46. The zero-order chi connectivity index (χ0) is 16.9. The lowest BCUT2D eigenvalue weighted by molar-refractivity contribution is -0.384. The molecule has 3 aromatic rings. The number of furan rings is 1. The fraction of sp³-hybridized carbons (Fsp3) is 0. The molecule has 0 radical (unpaired) electrons. The van der Waals surface area contributed by atoms with Crippen LogP contribution in [0, 0.1) is 13.7 Å². The Kier molecular flexibility index (Phi) is 4.90. The Bertz CT molecular complexity index is 888. The number of nitrogens with one attached hydrogen (secondary N) is 1. The van der Waals surface area contributed by atoms with E-state index in [2.05, 4.69) is 33.1 Å². The van der Waals surface area contributed by atoms with Gasteiger partial charge in [-0.15, -0.1) is 0 Å². The van der Waals surface area contributed by atoms with Gasteiger partial charge in [0.1, 0.15) is 11.5 Å². The average Bonchev–Trinajstić information content (AvgIpc) is 3.06. The quantitative estimate of drug-likeness (QED) is 0.269. The second-order valence-electron chi connectivity index (χ2n) is 4.89. The van der Waals surface area contributed by atoms with Crippen molar-refractivity contribution in [3.63, 3.8) is 0 Å². The standard InChI is InChI=1S/C17H12IN3O3/c18-13-4-6-14(7-5-13)20-19-11-16-8-9-17(24-16)12-2-1-3-15(10-12)21(22)23/h1-11,20H/b19-11-. The van der Waals surface area contributed by atoms with E-state index in [1.54, 1.807) is 30.5 Å². The Morgan fingerprint density at radius 2 is 1.92 bits per heavy atom. The first-order valence-corrected chi connectivity index (χ1v) is 8.09. The lowest BCUT2D eigenvalue weighted by Gasteiger charge is -1.99. The van der Waals surface area contributed by atoms with Gasteiger partial charge in [0.05, 0.1) is 16.8 Å². The normalized spacial score (nSPS) is 10.9. The summed E-state index contributed by atoms with van der Waals surface area (Å²) in [5, 5.41) is 14.9. The summed E-state index contributed by atoms with van der Waals surface area (Å²) in [6.45, 7) is 0. The van der Waals surface area contributed by atoms with E-state index in [9.17, 15) is 10.1 Å². The van der Waals surface area contributed by atoms with Gasteiger partial charge >= 0.3 is 0 Å². The van der Waals surface area contributed by atoms with Crippen LogP contribution in [-0.2, 0) is 0 Å². The highest BCUT2D eigenvalue weighted by molar-refractivity contribution is 14.1. The van der Waals surface area contributed by atoms with Crippen molar-refractivity contribution in [2.45, 2.75) is 0 Å². The highest BCUT2D eigenvalue weighted by Crippen LogP contribution is 2.25. The van der Waals surface area contributed by atoms with Crippen LogP contribution in [0.15, 0.2) is 70.2 Å². The van der Waals surface area contributed by atoms with E-state index in [0.717, 1.165) is 9.26 Å². The number of rotatable bonds is 5. The monoisotopic (exact) mass is 433 g/mol. The number of nitro benzene ring substituents is 1. The van der Waals surface area contributed by atoms with E-state index in [1.807, 2.05) is 24.3 Å². The predicted octanol–water partition coefficient (Wildman–Crippen LogP) is 4.91. The molecule has 0 aliphatic carbocycles. The maximum Gasteiger partial charge on any atom is 0.270 e. The Morgan fingerprint density at radius 3 is 2.67 bits per heavy atom. The molecule has 0 fully saturated rings. The molecule has 3 rings (SSSR count). The summed E-state index contributed by atoms with van der Waals surface area (Å²) >= 11 is 2.23. The Hall–Kier alpha value is -2.68. The summed E-state index contributed by atoms with van der Waals surface area (Å²) in [6.07, 6.45) is 1.55. The maximum atomic E-state index is 10.8. The maximum absolute atomic E-state index is 10.8. The molecule has 120 valence electrons. The van der Waals surface area contributed by atoms with Crippen LogP contribution in [0.5, 0.6) is 0 Å². The topological polar surface area (TPSA) is 80.7 Å². The molecular weight excluding hydrogens is 421 g/mol. The number of hydrogen-bond donors (Lipinski definition) is 1. The van der Waals surface area contributed by atoms with Gasteiger partial charge in [-0.2, -0.15) is 5.10 Å². The van der Waals surface area contributed by atoms with Crippen molar-refractivity contribution in [1.82, 2.24) is 0 Å². The van der Waals surface area contributed by atoms with E-state index in [1.165, 1.54) is 12.1 Å². The third kappa shape index (κ3) is 3.99. The van der Waals surface area contributed by atoms with Crippen molar-refractivity contribution in [3.8, 4) is 11.3 Å². The van der Waals surface area contributed by atoms with Gasteiger partial charge in [0, 0.05) is 21.3 Å². The molecule has 0 spiro atoms. The van der Waals surface area contributed by atoms with Crippen LogP contribution in [-0.4, -0.2) is 11.1 Å². The Balaban J connectivity index is 1.71. The lowest BCUT2D eigenvalue weighted by Crippen LogP contribution is -1.89. The lowest BCUT2D eigenvalue weighted by atomic mass is 10.1. The minimum absolute atomic E-state index is 0.0273. The fourth-order valence-electron chi connectivity index (χ4n) is 2.04. The SMILES string of the molecule is O=[N+]([O-])c1cccc(-c2ccc(/C=N\Nc3ccc(I)cc3)o2)c1. The molecule has 2 aromatic carbocycles. The van der Waals surface area contributed by atoms with Crippen LogP contribution in [0.25, 0.3) is 11.3 Å². The molecule has 0 saturated heterocycles. The minimum atomic E-state index is -0.431. The van der Waals surface area contributed by atoms with Gasteiger partial charge < -0.3 is 4.42 Å². The molecule has 7 heteroatoms. The molecule has 0 aliphatic rings. The summed E-state index contributed by atoms with van der Waals surface area (Å²) in [6, 6.07) is 17.6. The predicted molar refractivity (Wildman–Crippen MR) is 101 cm³/mol. The van der Waals surface area contributed by atoms with Crippen molar-refractivity contribution in [2.75, 3.05) is 5.43 Å². The highest BCUT2D eigenvalue weighted by Gasteiger charge is 2.09. The molecule has 1 N–H and O–H groups in total. The second kappa shape index (κ2) is 7.26. The number of halogens is 1. The summed E-state index contributed by atoms with van der Waals surface area (Å²) in [7, 11) is 0. The van der Waals surface area contributed by atoms with Gasteiger partial charge in [-0.3, -0.25) is 15.5 Å². The zero-order valence-corrected chi connectivity index (χ0v) is 14.5. The molecule has 1 heterocycles. The van der Waals surface area contributed by atoms with E-state index in [4.69, 9.17) is 4.42 Å². The number of nitrogens with zero attached hydrogens (tertiary/aromatic N) is 2. The van der Waals surface area contributed by atoms with Crippen molar-refractivity contribution in [1.29, 1.82) is 0 Å². The third-order valence-corrected chi connectivity index (χ3v) is 3.92. The molecule has 0 atom stereocenters. The number of benzene rings is 2. The van der Waals surface area contributed by atoms with Crippen LogP contribution in [0.2, 0.25) is 0 Å². The summed E-state index contributed by atoms with van der Waals surface area (Å²) < 4.78 is 6.80. The van der Waals surface area contributed by atoms with E-state index in [0.29, 0.717) is 17.1 Å². The fourth-order valence-corrected chi connectivity index (χ4v) is 2.40. The van der Waals surface area contributed by atoms with Gasteiger partial charge in [0.25, 0.3) is 5.69 Å². The summed E-state index contributed by atoms with van der Waals surface area (Å²) in [4.78, 5) is 10.4. The number of anilines is 1. The van der Waals surface area contributed by atoms with Crippen molar-refractivity contribution < 1.29 is 9.34 Å².